The molecule has 0 spiro atoms. The van der Waals surface area contributed by atoms with Crippen LogP contribution in [0, 0.1) is 0 Å². The Labute approximate surface area is 99.5 Å². The molecule has 0 bridgehead atoms. The number of nitrogen functional groups attached to an aromatic ring is 1. The van der Waals surface area contributed by atoms with Crippen molar-refractivity contribution in [1.82, 2.24) is 15.0 Å². The maximum Gasteiger partial charge on any atom is 0.230 e. The Balaban J connectivity index is 3.18. The monoisotopic (exact) mass is 236 g/mol. The van der Waals surface area contributed by atoms with Gasteiger partial charge in [-0.05, 0) is 30.9 Å². The highest BCUT2D eigenvalue weighted by molar-refractivity contribution is 5.40. The Morgan fingerprint density at radius 1 is 1.41 bits per heavy atom. The van der Waals surface area contributed by atoms with E-state index in [0.29, 0.717) is 5.95 Å². The van der Waals surface area contributed by atoms with Crippen molar-refractivity contribution in [2.24, 2.45) is 5.11 Å². The van der Waals surface area contributed by atoms with Crippen LogP contribution in [-0.4, -0.2) is 27.5 Å². The fourth-order valence-corrected chi connectivity index (χ4v) is 1.11. The van der Waals surface area contributed by atoms with Crippen LogP contribution in [0.15, 0.2) is 5.11 Å². The molecule has 2 N–H and O–H groups in total. The molecule has 0 radical (unpaired) electrons. The maximum atomic E-state index is 8.35. The van der Waals surface area contributed by atoms with E-state index in [1.807, 2.05) is 11.9 Å². The van der Waals surface area contributed by atoms with E-state index in [0.717, 1.165) is 6.42 Å². The number of nitrogens with zero attached hydrogens (tertiary/aromatic N) is 7. The quantitative estimate of drug-likeness (QED) is 0.487. The van der Waals surface area contributed by atoms with Crippen molar-refractivity contribution in [2.75, 3.05) is 17.7 Å². The second-order valence-electron chi connectivity index (χ2n) is 4.21. The molecule has 0 unspecified atom stereocenters. The molecule has 1 rings (SSSR count). The number of rotatable bonds is 4. The van der Waals surface area contributed by atoms with Crippen LogP contribution >= 0.6 is 0 Å². The molecule has 0 saturated heterocycles. The predicted octanol–water partition coefficient (Wildman–Crippen LogP) is 2.02. The van der Waals surface area contributed by atoms with Crippen molar-refractivity contribution in [3.63, 3.8) is 0 Å². The van der Waals surface area contributed by atoms with Crippen LogP contribution in [0.5, 0.6) is 0 Å². The minimum Gasteiger partial charge on any atom is -0.368 e. The molecular weight excluding hydrogens is 220 g/mol. The standard InChI is InChI=1S/C9H16N8/c1-5-9(2,3)17(4)8-13-6(10)12-7(14-8)15-16-11/h5H2,1-4H3,(H2,10,12,13,14). The SMILES string of the molecule is CCC(C)(C)N(C)c1nc(N)nc(N=[N+]=[N-])n1. The van der Waals surface area contributed by atoms with Crippen LogP contribution in [0.3, 0.4) is 0 Å². The third kappa shape index (κ3) is 2.94. The molecule has 92 valence electrons. The normalized spacial score (nSPS) is 10.8. The first-order valence-electron chi connectivity index (χ1n) is 5.21. The van der Waals surface area contributed by atoms with Crippen LogP contribution in [0.2, 0.25) is 0 Å². The summed E-state index contributed by atoms with van der Waals surface area (Å²) in [7, 11) is 1.86. The number of hydrogen-bond donors (Lipinski definition) is 1. The molecule has 0 atom stereocenters. The summed E-state index contributed by atoms with van der Waals surface area (Å²) in [6, 6.07) is 0. The van der Waals surface area contributed by atoms with Gasteiger partial charge in [0.2, 0.25) is 17.8 Å². The Kier molecular flexibility index (Phi) is 3.69. The number of hydrogen-bond acceptors (Lipinski definition) is 6. The fourth-order valence-electron chi connectivity index (χ4n) is 1.11. The first-order valence-corrected chi connectivity index (χ1v) is 5.21. The molecule has 0 fully saturated rings. The van der Waals surface area contributed by atoms with Gasteiger partial charge in [-0.15, -0.1) is 0 Å². The van der Waals surface area contributed by atoms with Crippen LogP contribution in [-0.2, 0) is 0 Å². The van der Waals surface area contributed by atoms with Gasteiger partial charge in [0, 0.05) is 17.5 Å². The number of anilines is 2. The van der Waals surface area contributed by atoms with Gasteiger partial charge >= 0.3 is 0 Å². The van der Waals surface area contributed by atoms with E-state index in [2.05, 4.69) is 45.7 Å². The number of azide groups is 1. The first kappa shape index (κ1) is 13.0. The highest BCUT2D eigenvalue weighted by atomic mass is 15.3. The molecule has 17 heavy (non-hydrogen) atoms. The van der Waals surface area contributed by atoms with E-state index >= 15 is 0 Å². The lowest BCUT2D eigenvalue weighted by Gasteiger charge is -2.34. The van der Waals surface area contributed by atoms with Crippen molar-refractivity contribution in [3.05, 3.63) is 10.4 Å². The van der Waals surface area contributed by atoms with Crippen molar-refractivity contribution in [1.29, 1.82) is 0 Å². The first-order chi connectivity index (χ1) is 7.90. The van der Waals surface area contributed by atoms with Crippen molar-refractivity contribution in [2.45, 2.75) is 32.7 Å². The van der Waals surface area contributed by atoms with E-state index in [1.54, 1.807) is 0 Å². The summed E-state index contributed by atoms with van der Waals surface area (Å²) >= 11 is 0. The third-order valence-corrected chi connectivity index (χ3v) is 2.84. The Hall–Kier alpha value is -2.08. The van der Waals surface area contributed by atoms with Gasteiger partial charge in [0.05, 0.1) is 0 Å². The average Bonchev–Trinajstić information content (AvgIpc) is 2.27. The van der Waals surface area contributed by atoms with Gasteiger partial charge in [-0.3, -0.25) is 0 Å². The van der Waals surface area contributed by atoms with E-state index in [1.165, 1.54) is 0 Å². The minimum atomic E-state index is -0.124. The Morgan fingerprint density at radius 2 is 2.06 bits per heavy atom. The van der Waals surface area contributed by atoms with E-state index in [-0.39, 0.29) is 17.4 Å². The molecule has 8 heteroatoms. The molecule has 8 nitrogen and oxygen atoms in total. The van der Waals surface area contributed by atoms with E-state index in [9.17, 15) is 0 Å². The zero-order chi connectivity index (χ0) is 13.1. The maximum absolute atomic E-state index is 8.35. The smallest absolute Gasteiger partial charge is 0.230 e. The van der Waals surface area contributed by atoms with E-state index < -0.39 is 0 Å². The van der Waals surface area contributed by atoms with Gasteiger partial charge < -0.3 is 10.6 Å². The summed E-state index contributed by atoms with van der Waals surface area (Å²) in [6.07, 6.45) is 0.909. The summed E-state index contributed by atoms with van der Waals surface area (Å²) in [5.41, 5.74) is 13.8. The third-order valence-electron chi connectivity index (χ3n) is 2.84. The highest BCUT2D eigenvalue weighted by Crippen LogP contribution is 2.23. The Bertz CT molecular complexity index is 448. The van der Waals surface area contributed by atoms with Gasteiger partial charge in [-0.2, -0.15) is 15.0 Å². The van der Waals surface area contributed by atoms with Crippen LogP contribution in [0.4, 0.5) is 17.8 Å². The summed E-state index contributed by atoms with van der Waals surface area (Å²) < 4.78 is 0. The van der Waals surface area contributed by atoms with Gasteiger partial charge in [-0.1, -0.05) is 6.92 Å². The summed E-state index contributed by atoms with van der Waals surface area (Å²) in [6.45, 7) is 6.18. The zero-order valence-electron chi connectivity index (χ0n) is 10.4. The van der Waals surface area contributed by atoms with Crippen LogP contribution in [0.25, 0.3) is 10.4 Å². The van der Waals surface area contributed by atoms with E-state index in [4.69, 9.17) is 11.3 Å². The minimum absolute atomic E-state index is 0.0197. The van der Waals surface area contributed by atoms with Gasteiger partial charge in [-0.25, -0.2) is 0 Å². The fraction of sp³-hybridized carbons (Fsp3) is 0.667. The summed E-state index contributed by atoms with van der Waals surface area (Å²) in [5.74, 6) is 0.414. The molecule has 0 amide bonds. The lowest BCUT2D eigenvalue weighted by Crippen LogP contribution is -2.41. The summed E-state index contributed by atoms with van der Waals surface area (Å²) in [4.78, 5) is 16.3. The van der Waals surface area contributed by atoms with Gasteiger partial charge in [0.1, 0.15) is 0 Å². The lowest BCUT2D eigenvalue weighted by atomic mass is 10.0. The Morgan fingerprint density at radius 3 is 2.59 bits per heavy atom. The van der Waals surface area contributed by atoms with Gasteiger partial charge in [0.15, 0.2) is 0 Å². The van der Waals surface area contributed by atoms with Gasteiger partial charge in [0.25, 0.3) is 0 Å². The molecule has 0 aliphatic heterocycles. The topological polar surface area (TPSA) is 117 Å². The second-order valence-corrected chi connectivity index (χ2v) is 4.21. The second kappa shape index (κ2) is 4.84. The molecule has 1 aromatic heterocycles. The van der Waals surface area contributed by atoms with Crippen molar-refractivity contribution < 1.29 is 0 Å². The molecule has 0 saturated carbocycles. The molecule has 0 aliphatic carbocycles. The number of aromatic nitrogens is 3. The van der Waals surface area contributed by atoms with Crippen molar-refractivity contribution >= 4 is 17.8 Å². The molecule has 0 aromatic carbocycles. The molecule has 1 heterocycles. The van der Waals surface area contributed by atoms with Crippen LogP contribution in [0.1, 0.15) is 27.2 Å². The number of nitrogens with two attached hydrogens (primary N) is 1. The predicted molar refractivity (Wildman–Crippen MR) is 65.8 cm³/mol. The zero-order valence-corrected chi connectivity index (χ0v) is 10.4. The molecule has 0 aliphatic rings. The lowest BCUT2D eigenvalue weighted by molar-refractivity contribution is 0.463. The highest BCUT2D eigenvalue weighted by Gasteiger charge is 2.24. The van der Waals surface area contributed by atoms with Crippen molar-refractivity contribution in [3.8, 4) is 0 Å². The average molecular weight is 236 g/mol. The largest absolute Gasteiger partial charge is 0.368 e. The molecular formula is C9H16N8. The summed E-state index contributed by atoms with van der Waals surface area (Å²) in [5, 5.41) is 3.33. The molecule has 1 aromatic rings. The van der Waals surface area contributed by atoms with Crippen LogP contribution < -0.4 is 10.6 Å².